The van der Waals surface area contributed by atoms with Gasteiger partial charge in [0, 0.05) is 6.42 Å². The number of amides is 1. The quantitative estimate of drug-likeness (QED) is 0.813. The number of halogens is 4. The van der Waals surface area contributed by atoms with Gasteiger partial charge in [0.05, 0.1) is 19.1 Å². The molecular weight excluding hydrogens is 290 g/mol. The Labute approximate surface area is 120 Å². The molecule has 0 aliphatic heterocycles. The Morgan fingerprint density at radius 1 is 1.38 bits per heavy atom. The van der Waals surface area contributed by atoms with Crippen molar-refractivity contribution in [2.45, 2.75) is 38.9 Å². The maximum absolute atomic E-state index is 13.7. The summed E-state index contributed by atoms with van der Waals surface area (Å²) in [6, 6.07) is 3.59. The summed E-state index contributed by atoms with van der Waals surface area (Å²) in [4.78, 5) is 11.4. The number of hydrogen-bond donors (Lipinski definition) is 1. The Hall–Kier alpha value is -1.79. The van der Waals surface area contributed by atoms with Gasteiger partial charge < -0.3 is 10.1 Å². The van der Waals surface area contributed by atoms with Gasteiger partial charge in [0.2, 0.25) is 5.91 Å². The molecule has 1 aromatic carbocycles. The first kappa shape index (κ1) is 17.3. The highest BCUT2D eigenvalue weighted by molar-refractivity contribution is 5.76. The average Bonchev–Trinajstić information content (AvgIpc) is 2.38. The molecule has 0 aliphatic carbocycles. The molecular formula is C14H17F4NO2. The number of nitrogens with one attached hydrogen (secondary N) is 1. The minimum atomic E-state index is -4.37. The van der Waals surface area contributed by atoms with Crippen LogP contribution in [0.15, 0.2) is 18.2 Å². The number of rotatable bonds is 6. The van der Waals surface area contributed by atoms with E-state index in [0.29, 0.717) is 12.2 Å². The van der Waals surface area contributed by atoms with Crippen molar-refractivity contribution >= 4 is 5.91 Å². The first-order valence-corrected chi connectivity index (χ1v) is 6.51. The van der Waals surface area contributed by atoms with Crippen LogP contribution in [-0.2, 0) is 4.79 Å². The summed E-state index contributed by atoms with van der Waals surface area (Å²) in [6.45, 7) is 3.61. The smallest absolute Gasteiger partial charge is 0.389 e. The van der Waals surface area contributed by atoms with Crippen molar-refractivity contribution in [1.29, 1.82) is 0 Å². The molecule has 1 aromatic rings. The Morgan fingerprint density at radius 3 is 2.57 bits per heavy atom. The fourth-order valence-electron chi connectivity index (χ4n) is 1.71. The first-order chi connectivity index (χ1) is 9.73. The molecule has 1 N–H and O–H groups in total. The summed E-state index contributed by atoms with van der Waals surface area (Å²) in [6.07, 6.45) is -6.19. The minimum absolute atomic E-state index is 0.0943. The molecule has 0 bridgehead atoms. The number of hydrogen-bond acceptors (Lipinski definition) is 2. The Kier molecular flexibility index (Phi) is 5.99. The first-order valence-electron chi connectivity index (χ1n) is 6.51. The third kappa shape index (κ3) is 6.01. The van der Waals surface area contributed by atoms with Crippen LogP contribution >= 0.6 is 0 Å². The van der Waals surface area contributed by atoms with E-state index >= 15 is 0 Å². The van der Waals surface area contributed by atoms with E-state index in [1.165, 1.54) is 12.1 Å². The third-order valence-corrected chi connectivity index (χ3v) is 2.77. The van der Waals surface area contributed by atoms with Crippen LogP contribution in [0.25, 0.3) is 0 Å². The topological polar surface area (TPSA) is 38.3 Å². The second-order valence-corrected chi connectivity index (χ2v) is 4.53. The summed E-state index contributed by atoms with van der Waals surface area (Å²) >= 11 is 0. The maximum Gasteiger partial charge on any atom is 0.389 e. The van der Waals surface area contributed by atoms with Crippen LogP contribution in [0, 0.1) is 5.82 Å². The highest BCUT2D eigenvalue weighted by Gasteiger charge is 2.28. The molecule has 0 saturated carbocycles. The zero-order chi connectivity index (χ0) is 16.0. The van der Waals surface area contributed by atoms with E-state index in [0.717, 1.165) is 0 Å². The van der Waals surface area contributed by atoms with Crippen molar-refractivity contribution in [2.24, 2.45) is 0 Å². The minimum Gasteiger partial charge on any atom is -0.491 e. The number of carbonyl (C=O) groups excluding carboxylic acids is 1. The van der Waals surface area contributed by atoms with Gasteiger partial charge in [0.1, 0.15) is 0 Å². The van der Waals surface area contributed by atoms with Gasteiger partial charge in [-0.3, -0.25) is 4.79 Å². The van der Waals surface area contributed by atoms with Crippen LogP contribution in [0.1, 0.15) is 38.3 Å². The van der Waals surface area contributed by atoms with E-state index in [4.69, 9.17) is 4.74 Å². The molecule has 3 nitrogen and oxygen atoms in total. The summed E-state index contributed by atoms with van der Waals surface area (Å²) in [5, 5.41) is 2.40. The molecule has 21 heavy (non-hydrogen) atoms. The standard InChI is InChI=1S/C14H17F4NO2/c1-3-21-12-5-4-10(8-11(12)15)9(2)19-13(20)6-7-14(16,17)18/h4-5,8-9H,3,6-7H2,1-2H3,(H,19,20). The molecule has 0 fully saturated rings. The summed E-state index contributed by atoms with van der Waals surface area (Å²) in [5.74, 6) is -1.21. The van der Waals surface area contributed by atoms with Crippen LogP contribution in [0.2, 0.25) is 0 Å². The zero-order valence-electron chi connectivity index (χ0n) is 11.8. The van der Waals surface area contributed by atoms with Crippen LogP contribution in [0.5, 0.6) is 5.75 Å². The van der Waals surface area contributed by atoms with Crippen molar-refractivity contribution in [3.63, 3.8) is 0 Å². The van der Waals surface area contributed by atoms with E-state index in [9.17, 15) is 22.4 Å². The normalized spacial score (nSPS) is 12.9. The molecule has 0 aromatic heterocycles. The predicted molar refractivity (Wildman–Crippen MR) is 69.4 cm³/mol. The second-order valence-electron chi connectivity index (χ2n) is 4.53. The molecule has 7 heteroatoms. The van der Waals surface area contributed by atoms with Crippen molar-refractivity contribution in [3.05, 3.63) is 29.6 Å². The largest absolute Gasteiger partial charge is 0.491 e. The van der Waals surface area contributed by atoms with E-state index < -0.39 is 36.8 Å². The highest BCUT2D eigenvalue weighted by atomic mass is 19.4. The van der Waals surface area contributed by atoms with E-state index in [1.54, 1.807) is 19.9 Å². The fraction of sp³-hybridized carbons (Fsp3) is 0.500. The van der Waals surface area contributed by atoms with Gasteiger partial charge in [-0.25, -0.2) is 4.39 Å². The fourth-order valence-corrected chi connectivity index (χ4v) is 1.71. The molecule has 0 saturated heterocycles. The zero-order valence-corrected chi connectivity index (χ0v) is 11.8. The van der Waals surface area contributed by atoms with E-state index in [2.05, 4.69) is 5.32 Å². The SMILES string of the molecule is CCOc1ccc(C(C)NC(=O)CCC(F)(F)F)cc1F. The highest BCUT2D eigenvalue weighted by Crippen LogP contribution is 2.23. The van der Waals surface area contributed by atoms with Gasteiger partial charge in [-0.05, 0) is 31.5 Å². The van der Waals surface area contributed by atoms with E-state index in [-0.39, 0.29) is 5.75 Å². The van der Waals surface area contributed by atoms with E-state index in [1.807, 2.05) is 0 Å². The molecule has 0 spiro atoms. The van der Waals surface area contributed by atoms with Crippen LogP contribution in [0.3, 0.4) is 0 Å². The van der Waals surface area contributed by atoms with Crippen molar-refractivity contribution < 1.29 is 27.1 Å². The summed E-state index contributed by atoms with van der Waals surface area (Å²) in [5.41, 5.74) is 0.455. The lowest BCUT2D eigenvalue weighted by molar-refractivity contribution is -0.144. The lowest BCUT2D eigenvalue weighted by atomic mass is 10.1. The van der Waals surface area contributed by atoms with Crippen LogP contribution in [0.4, 0.5) is 17.6 Å². The second kappa shape index (κ2) is 7.28. The molecule has 1 amide bonds. The Bertz CT molecular complexity index is 488. The third-order valence-electron chi connectivity index (χ3n) is 2.77. The Balaban J connectivity index is 2.61. The molecule has 1 atom stereocenters. The average molecular weight is 307 g/mol. The van der Waals surface area contributed by atoms with Crippen molar-refractivity contribution in [3.8, 4) is 5.75 Å². The lowest BCUT2D eigenvalue weighted by Crippen LogP contribution is -2.27. The van der Waals surface area contributed by atoms with Gasteiger partial charge in [-0.2, -0.15) is 13.2 Å². The van der Waals surface area contributed by atoms with Gasteiger partial charge in [0.15, 0.2) is 11.6 Å². The monoisotopic (exact) mass is 307 g/mol. The molecule has 0 radical (unpaired) electrons. The van der Waals surface area contributed by atoms with Crippen LogP contribution < -0.4 is 10.1 Å². The number of alkyl halides is 3. The molecule has 0 aliphatic rings. The van der Waals surface area contributed by atoms with Gasteiger partial charge in [-0.15, -0.1) is 0 Å². The molecule has 1 unspecified atom stereocenters. The predicted octanol–water partition coefficient (Wildman–Crippen LogP) is 3.74. The van der Waals surface area contributed by atoms with Gasteiger partial charge in [-0.1, -0.05) is 6.07 Å². The summed E-state index contributed by atoms with van der Waals surface area (Å²) in [7, 11) is 0. The molecule has 0 heterocycles. The molecule has 118 valence electrons. The number of ether oxygens (including phenoxy) is 1. The van der Waals surface area contributed by atoms with Crippen molar-refractivity contribution in [1.82, 2.24) is 5.32 Å². The van der Waals surface area contributed by atoms with Gasteiger partial charge in [0.25, 0.3) is 0 Å². The van der Waals surface area contributed by atoms with Gasteiger partial charge >= 0.3 is 6.18 Å². The number of benzene rings is 1. The Morgan fingerprint density at radius 2 is 2.05 bits per heavy atom. The van der Waals surface area contributed by atoms with Crippen molar-refractivity contribution in [2.75, 3.05) is 6.61 Å². The maximum atomic E-state index is 13.7. The lowest BCUT2D eigenvalue weighted by Gasteiger charge is -2.16. The van der Waals surface area contributed by atoms with Crippen LogP contribution in [-0.4, -0.2) is 18.7 Å². The number of carbonyl (C=O) groups is 1. The summed E-state index contributed by atoms with van der Waals surface area (Å²) < 4.78 is 54.7. The molecule has 1 rings (SSSR count).